The van der Waals surface area contributed by atoms with Crippen molar-refractivity contribution in [2.45, 2.75) is 26.2 Å². The largest absolute Gasteiger partial charge is 0.438 e. The predicted octanol–water partition coefficient (Wildman–Crippen LogP) is 2.77. The molecular weight excluding hydrogens is 358 g/mol. The summed E-state index contributed by atoms with van der Waals surface area (Å²) in [5.74, 6) is -0.0101. The van der Waals surface area contributed by atoms with Gasteiger partial charge in [0, 0.05) is 18.0 Å². The normalized spacial score (nSPS) is 10.9. The van der Waals surface area contributed by atoms with Crippen LogP contribution in [0.2, 0.25) is 5.02 Å². The van der Waals surface area contributed by atoms with Gasteiger partial charge in [0.15, 0.2) is 11.5 Å². The minimum Gasteiger partial charge on any atom is -0.321 e. The first-order chi connectivity index (χ1) is 12.4. The number of nitrogens with one attached hydrogen (secondary N) is 2. The fraction of sp³-hybridized carbons (Fsp3) is 0.235. The van der Waals surface area contributed by atoms with Crippen LogP contribution in [0.25, 0.3) is 0 Å². The van der Waals surface area contributed by atoms with Gasteiger partial charge in [-0.3, -0.25) is 14.3 Å². The Morgan fingerprint density at radius 3 is 2.88 bits per heavy atom. The molecular formula is C17H16ClN5O3. The summed E-state index contributed by atoms with van der Waals surface area (Å²) in [6, 6.07) is 7.14. The molecule has 1 aromatic carbocycles. The van der Waals surface area contributed by atoms with Crippen LogP contribution in [-0.4, -0.2) is 26.0 Å². The molecule has 3 rings (SSSR count). The van der Waals surface area contributed by atoms with Gasteiger partial charge in [-0.1, -0.05) is 42.7 Å². The summed E-state index contributed by atoms with van der Waals surface area (Å²) >= 11 is 6.06. The Bertz CT molecular complexity index is 996. The number of hydrogen-bond donors (Lipinski definition) is 2. The molecule has 0 fully saturated rings. The molecule has 26 heavy (non-hydrogen) atoms. The molecule has 0 atom stereocenters. The third kappa shape index (κ3) is 4.15. The van der Waals surface area contributed by atoms with Gasteiger partial charge in [0.1, 0.15) is 5.82 Å². The zero-order valence-corrected chi connectivity index (χ0v) is 14.9. The van der Waals surface area contributed by atoms with E-state index in [-0.39, 0.29) is 16.6 Å². The number of nitrogens with zero attached hydrogens (tertiary/aromatic N) is 3. The summed E-state index contributed by atoms with van der Waals surface area (Å²) in [6.07, 6.45) is 1.79. The van der Waals surface area contributed by atoms with Crippen molar-refractivity contribution in [1.29, 1.82) is 0 Å². The Morgan fingerprint density at radius 2 is 2.19 bits per heavy atom. The molecule has 2 aromatic heterocycles. The molecule has 134 valence electrons. The highest BCUT2D eigenvalue weighted by molar-refractivity contribution is 6.33. The van der Waals surface area contributed by atoms with Gasteiger partial charge in [-0.2, -0.15) is 0 Å². The second kappa shape index (κ2) is 7.49. The zero-order valence-electron chi connectivity index (χ0n) is 14.1. The van der Waals surface area contributed by atoms with Crippen LogP contribution < -0.4 is 11.1 Å². The Morgan fingerprint density at radius 1 is 1.38 bits per heavy atom. The van der Waals surface area contributed by atoms with E-state index in [4.69, 9.17) is 11.6 Å². The number of H-pyrrole nitrogens is 1. The zero-order chi connectivity index (χ0) is 18.7. The minimum atomic E-state index is -0.608. The third-order valence-corrected chi connectivity index (χ3v) is 3.81. The third-order valence-electron chi connectivity index (χ3n) is 3.54. The SMILES string of the molecule is CC(C)c1ncc(Cl)c(C(=O)Nc2cccc(Cc3noc(=O)[nH]3)c2)n1. The van der Waals surface area contributed by atoms with Crippen molar-refractivity contribution in [3.05, 3.63) is 68.9 Å². The quantitative estimate of drug-likeness (QED) is 0.710. The summed E-state index contributed by atoms with van der Waals surface area (Å²) in [6.45, 7) is 3.87. The van der Waals surface area contributed by atoms with E-state index in [1.165, 1.54) is 6.20 Å². The van der Waals surface area contributed by atoms with Crippen molar-refractivity contribution >= 4 is 23.2 Å². The highest BCUT2D eigenvalue weighted by atomic mass is 35.5. The van der Waals surface area contributed by atoms with Crippen molar-refractivity contribution in [3.63, 3.8) is 0 Å². The second-order valence-corrected chi connectivity index (χ2v) is 6.36. The lowest BCUT2D eigenvalue weighted by Crippen LogP contribution is -2.16. The lowest BCUT2D eigenvalue weighted by molar-refractivity contribution is 0.102. The first kappa shape index (κ1) is 17.8. The predicted molar refractivity (Wildman–Crippen MR) is 95.5 cm³/mol. The molecule has 0 aliphatic heterocycles. The van der Waals surface area contributed by atoms with Crippen LogP contribution in [0.3, 0.4) is 0 Å². The van der Waals surface area contributed by atoms with Crippen LogP contribution in [0.5, 0.6) is 0 Å². The van der Waals surface area contributed by atoms with Gasteiger partial charge in [-0.15, -0.1) is 0 Å². The Labute approximate surface area is 153 Å². The van der Waals surface area contributed by atoms with Crippen LogP contribution >= 0.6 is 11.6 Å². The molecule has 2 heterocycles. The molecule has 2 N–H and O–H groups in total. The van der Waals surface area contributed by atoms with E-state index in [0.717, 1.165) is 5.56 Å². The highest BCUT2D eigenvalue weighted by Gasteiger charge is 2.16. The van der Waals surface area contributed by atoms with Gasteiger partial charge in [0.25, 0.3) is 5.91 Å². The molecule has 9 heteroatoms. The van der Waals surface area contributed by atoms with Crippen LogP contribution in [0.15, 0.2) is 39.8 Å². The summed E-state index contributed by atoms with van der Waals surface area (Å²) < 4.78 is 4.47. The monoisotopic (exact) mass is 373 g/mol. The van der Waals surface area contributed by atoms with Crippen molar-refractivity contribution in [2.75, 3.05) is 5.32 Å². The van der Waals surface area contributed by atoms with Crippen LogP contribution in [0.4, 0.5) is 5.69 Å². The smallest absolute Gasteiger partial charge is 0.321 e. The van der Waals surface area contributed by atoms with Gasteiger partial charge in [-0.05, 0) is 17.7 Å². The Kier molecular flexibility index (Phi) is 5.13. The van der Waals surface area contributed by atoms with Crippen molar-refractivity contribution in [1.82, 2.24) is 20.1 Å². The minimum absolute atomic E-state index is 0.0757. The maximum atomic E-state index is 12.5. The fourth-order valence-corrected chi connectivity index (χ4v) is 2.47. The number of aromatic nitrogens is 4. The average Bonchev–Trinajstić information content (AvgIpc) is 3.00. The van der Waals surface area contributed by atoms with Crippen molar-refractivity contribution < 1.29 is 9.32 Å². The number of halogens is 1. The van der Waals surface area contributed by atoms with E-state index in [0.29, 0.717) is 23.8 Å². The van der Waals surface area contributed by atoms with E-state index in [1.54, 1.807) is 18.2 Å². The average molecular weight is 374 g/mol. The van der Waals surface area contributed by atoms with Crippen molar-refractivity contribution in [2.24, 2.45) is 0 Å². The van der Waals surface area contributed by atoms with E-state index in [2.05, 4.69) is 29.9 Å². The van der Waals surface area contributed by atoms with Gasteiger partial charge < -0.3 is 5.32 Å². The van der Waals surface area contributed by atoms with Crippen LogP contribution in [0, 0.1) is 0 Å². The number of aromatic amines is 1. The van der Waals surface area contributed by atoms with Gasteiger partial charge in [0.2, 0.25) is 0 Å². The second-order valence-electron chi connectivity index (χ2n) is 5.95. The summed E-state index contributed by atoms with van der Waals surface area (Å²) in [5, 5.41) is 6.57. The molecule has 0 spiro atoms. The number of carbonyl (C=O) groups excluding carboxylic acids is 1. The molecule has 0 radical (unpaired) electrons. The van der Waals surface area contributed by atoms with Crippen molar-refractivity contribution in [3.8, 4) is 0 Å². The first-order valence-electron chi connectivity index (χ1n) is 7.90. The summed E-state index contributed by atoms with van der Waals surface area (Å²) in [7, 11) is 0. The van der Waals surface area contributed by atoms with E-state index in [1.807, 2.05) is 19.9 Å². The Hall–Kier alpha value is -3.00. The first-order valence-corrected chi connectivity index (χ1v) is 8.28. The molecule has 0 unspecified atom stereocenters. The summed E-state index contributed by atoms with van der Waals surface area (Å²) in [4.78, 5) is 34.4. The molecule has 0 saturated heterocycles. The number of hydrogen-bond acceptors (Lipinski definition) is 6. The van der Waals surface area contributed by atoms with Crippen LogP contribution in [0.1, 0.15) is 47.5 Å². The number of carbonyl (C=O) groups is 1. The summed E-state index contributed by atoms with van der Waals surface area (Å²) in [5.41, 5.74) is 1.53. The topological polar surface area (TPSA) is 114 Å². The molecule has 0 aliphatic carbocycles. The lowest BCUT2D eigenvalue weighted by Gasteiger charge is -2.09. The van der Waals surface area contributed by atoms with E-state index >= 15 is 0 Å². The van der Waals surface area contributed by atoms with Crippen LogP contribution in [-0.2, 0) is 6.42 Å². The number of anilines is 1. The number of amides is 1. The number of rotatable bonds is 5. The van der Waals surface area contributed by atoms with Gasteiger partial charge in [-0.25, -0.2) is 14.8 Å². The standard InChI is InChI=1S/C17H16ClN5O3/c1-9(2)15-19-8-12(18)14(22-15)16(24)20-11-5-3-4-10(6-11)7-13-21-17(25)26-23-13/h3-6,8-9H,7H2,1-2H3,(H,20,24)(H,21,23,25). The molecule has 0 saturated carbocycles. The van der Waals surface area contributed by atoms with Gasteiger partial charge in [0.05, 0.1) is 11.2 Å². The fourth-order valence-electron chi connectivity index (χ4n) is 2.30. The molecule has 0 aliphatic rings. The van der Waals surface area contributed by atoms with E-state index < -0.39 is 11.7 Å². The Balaban J connectivity index is 1.78. The lowest BCUT2D eigenvalue weighted by atomic mass is 10.1. The molecule has 1 amide bonds. The highest BCUT2D eigenvalue weighted by Crippen LogP contribution is 2.19. The maximum absolute atomic E-state index is 12.5. The van der Waals surface area contributed by atoms with E-state index in [9.17, 15) is 9.59 Å². The maximum Gasteiger partial charge on any atom is 0.438 e. The van der Waals surface area contributed by atoms with Gasteiger partial charge >= 0.3 is 5.76 Å². The molecule has 3 aromatic rings. The number of benzene rings is 1. The molecule has 0 bridgehead atoms. The molecule has 8 nitrogen and oxygen atoms in total.